The molecule has 0 aliphatic heterocycles. The number of carbonyl (C=O) groups excluding carboxylic acids is 1. The van der Waals surface area contributed by atoms with Crippen LogP contribution in [0.25, 0.3) is 11.1 Å². The van der Waals surface area contributed by atoms with E-state index in [1.807, 2.05) is 68.7 Å². The van der Waals surface area contributed by atoms with Crippen LogP contribution in [0.15, 0.2) is 78.9 Å². The normalized spacial score (nSPS) is 11.8. The molecule has 0 unspecified atom stereocenters. The third-order valence-corrected chi connectivity index (χ3v) is 5.48. The topological polar surface area (TPSA) is 53.0 Å². The first-order valence-corrected chi connectivity index (χ1v) is 11.1. The van der Waals surface area contributed by atoms with Gasteiger partial charge in [0.05, 0.1) is 5.57 Å². The number of carbonyl (C=O) groups is 1. The number of likely N-dealkylation sites (N-methyl/N-ethyl adjacent to an activating group) is 2. The van der Waals surface area contributed by atoms with Crippen LogP contribution in [0.2, 0.25) is 0 Å². The number of aromatic hydroxyl groups is 1. The predicted molar refractivity (Wildman–Crippen MR) is 136 cm³/mol. The fourth-order valence-corrected chi connectivity index (χ4v) is 3.62. The second-order valence-corrected chi connectivity index (χ2v) is 8.13. The van der Waals surface area contributed by atoms with Gasteiger partial charge in [-0.25, -0.2) is 0 Å². The first-order valence-electron chi connectivity index (χ1n) is 11.1. The van der Waals surface area contributed by atoms with Gasteiger partial charge in [-0.2, -0.15) is 0 Å². The zero-order valence-electron chi connectivity index (χ0n) is 19.8. The minimum Gasteiger partial charge on any atom is -0.508 e. The van der Waals surface area contributed by atoms with E-state index in [1.165, 1.54) is 0 Å². The summed E-state index contributed by atoms with van der Waals surface area (Å²) in [5, 5.41) is 9.77. The molecule has 0 bridgehead atoms. The third-order valence-electron chi connectivity index (χ3n) is 5.48. The van der Waals surface area contributed by atoms with Gasteiger partial charge in [0.25, 0.3) is 5.91 Å². The van der Waals surface area contributed by atoms with Crippen molar-refractivity contribution in [3.63, 3.8) is 0 Å². The van der Waals surface area contributed by atoms with Crippen LogP contribution in [0.3, 0.4) is 0 Å². The molecule has 0 saturated carbocycles. The molecule has 172 valence electrons. The number of benzene rings is 3. The first-order chi connectivity index (χ1) is 15.9. The van der Waals surface area contributed by atoms with Gasteiger partial charge in [0, 0.05) is 19.3 Å². The molecule has 3 aromatic rings. The highest BCUT2D eigenvalue weighted by Crippen LogP contribution is 2.32. The van der Waals surface area contributed by atoms with E-state index in [0.717, 1.165) is 34.7 Å². The van der Waals surface area contributed by atoms with Crippen molar-refractivity contribution in [1.29, 1.82) is 0 Å². The van der Waals surface area contributed by atoms with Crippen LogP contribution in [0.4, 0.5) is 5.69 Å². The maximum Gasteiger partial charge on any atom is 0.258 e. The van der Waals surface area contributed by atoms with Gasteiger partial charge in [0.1, 0.15) is 18.1 Å². The summed E-state index contributed by atoms with van der Waals surface area (Å²) >= 11 is 0. The fraction of sp³-hybridized carbons (Fsp3) is 0.250. The first kappa shape index (κ1) is 24.1. The minimum absolute atomic E-state index is 0.109. The molecule has 33 heavy (non-hydrogen) atoms. The number of anilines is 1. The molecule has 0 fully saturated rings. The van der Waals surface area contributed by atoms with E-state index >= 15 is 0 Å². The highest BCUT2D eigenvalue weighted by molar-refractivity contribution is 6.32. The second-order valence-electron chi connectivity index (χ2n) is 8.13. The van der Waals surface area contributed by atoms with Crippen LogP contribution < -0.4 is 9.64 Å². The monoisotopic (exact) mass is 444 g/mol. The molecule has 0 radical (unpaired) electrons. The van der Waals surface area contributed by atoms with E-state index in [9.17, 15) is 9.90 Å². The van der Waals surface area contributed by atoms with Crippen LogP contribution in [0.5, 0.6) is 11.5 Å². The van der Waals surface area contributed by atoms with Crippen molar-refractivity contribution in [2.24, 2.45) is 0 Å². The summed E-state index contributed by atoms with van der Waals surface area (Å²) < 4.78 is 5.78. The van der Waals surface area contributed by atoms with E-state index in [1.54, 1.807) is 36.2 Å². The summed E-state index contributed by atoms with van der Waals surface area (Å²) in [5.41, 5.74) is 4.14. The highest BCUT2D eigenvalue weighted by atomic mass is 16.5. The van der Waals surface area contributed by atoms with Gasteiger partial charge in [-0.15, -0.1) is 0 Å². The SMILES string of the molecule is CC/C(=C(\C(=O)N(C)c1ccc(OCCN(C)C)cc1)c1ccc(O)cc1)c1ccccc1. The van der Waals surface area contributed by atoms with Crippen LogP contribution >= 0.6 is 0 Å². The molecular weight excluding hydrogens is 412 g/mol. The predicted octanol–water partition coefficient (Wildman–Crippen LogP) is 5.32. The Morgan fingerprint density at radius 2 is 1.48 bits per heavy atom. The molecule has 0 heterocycles. The number of hydrogen-bond acceptors (Lipinski definition) is 4. The molecule has 5 nitrogen and oxygen atoms in total. The zero-order chi connectivity index (χ0) is 23.8. The van der Waals surface area contributed by atoms with Crippen molar-refractivity contribution in [1.82, 2.24) is 4.90 Å². The van der Waals surface area contributed by atoms with E-state index in [4.69, 9.17) is 4.74 Å². The molecule has 0 spiro atoms. The Hall–Kier alpha value is -3.57. The van der Waals surface area contributed by atoms with E-state index in [-0.39, 0.29) is 11.7 Å². The van der Waals surface area contributed by atoms with Gasteiger partial charge >= 0.3 is 0 Å². The molecule has 0 saturated heterocycles. The Balaban J connectivity index is 1.95. The third kappa shape index (κ3) is 6.24. The summed E-state index contributed by atoms with van der Waals surface area (Å²) in [7, 11) is 5.79. The molecule has 0 aliphatic carbocycles. The molecule has 0 aliphatic rings. The fourth-order valence-electron chi connectivity index (χ4n) is 3.62. The Bertz CT molecular complexity index is 1070. The molecule has 5 heteroatoms. The second kappa shape index (κ2) is 11.3. The number of phenolic OH excluding ortho intramolecular Hbond substituents is 1. The lowest BCUT2D eigenvalue weighted by Crippen LogP contribution is -2.28. The summed E-state index contributed by atoms with van der Waals surface area (Å²) in [4.78, 5) is 17.5. The number of hydrogen-bond donors (Lipinski definition) is 1. The van der Waals surface area contributed by atoms with Gasteiger partial charge in [-0.3, -0.25) is 4.79 Å². The molecule has 3 rings (SSSR count). The van der Waals surface area contributed by atoms with Crippen LogP contribution in [-0.4, -0.2) is 50.2 Å². The van der Waals surface area contributed by atoms with E-state index in [0.29, 0.717) is 18.6 Å². The van der Waals surface area contributed by atoms with Crippen LogP contribution in [-0.2, 0) is 4.79 Å². The summed E-state index contributed by atoms with van der Waals surface area (Å²) in [5.74, 6) is 0.832. The lowest BCUT2D eigenvalue weighted by atomic mass is 9.92. The van der Waals surface area contributed by atoms with E-state index in [2.05, 4.69) is 11.8 Å². The Morgan fingerprint density at radius 3 is 2.06 bits per heavy atom. The molecule has 3 aromatic carbocycles. The maximum atomic E-state index is 13.8. The minimum atomic E-state index is -0.109. The van der Waals surface area contributed by atoms with Gasteiger partial charge in [0.15, 0.2) is 0 Å². The number of phenols is 1. The lowest BCUT2D eigenvalue weighted by molar-refractivity contribution is -0.113. The highest BCUT2D eigenvalue weighted by Gasteiger charge is 2.22. The maximum absolute atomic E-state index is 13.8. The molecule has 1 N–H and O–H groups in total. The van der Waals surface area contributed by atoms with Crippen molar-refractivity contribution in [3.05, 3.63) is 90.0 Å². The number of amides is 1. The quantitative estimate of drug-likeness (QED) is 0.359. The molecular formula is C28H32N2O3. The number of allylic oxidation sites excluding steroid dienone is 1. The van der Waals surface area contributed by atoms with Crippen LogP contribution in [0.1, 0.15) is 24.5 Å². The number of ether oxygens (including phenoxy) is 1. The largest absolute Gasteiger partial charge is 0.508 e. The van der Waals surface area contributed by atoms with Crippen molar-refractivity contribution < 1.29 is 14.6 Å². The standard InChI is InChI=1S/C28H32N2O3/c1-5-26(21-9-7-6-8-10-21)27(22-11-15-24(31)16-12-22)28(32)30(4)23-13-17-25(18-14-23)33-20-19-29(2)3/h6-18,31H,5,19-20H2,1-4H3/b27-26+. The molecule has 1 amide bonds. The van der Waals surface area contributed by atoms with Crippen LogP contribution in [0, 0.1) is 0 Å². The average molecular weight is 445 g/mol. The molecule has 0 aromatic heterocycles. The Morgan fingerprint density at radius 1 is 0.848 bits per heavy atom. The van der Waals surface area contributed by atoms with Crippen molar-refractivity contribution in [3.8, 4) is 11.5 Å². The summed E-state index contributed by atoms with van der Waals surface area (Å²) in [6.45, 7) is 3.49. The van der Waals surface area contributed by atoms with E-state index < -0.39 is 0 Å². The van der Waals surface area contributed by atoms with Gasteiger partial charge in [-0.05, 0) is 73.6 Å². The Kier molecular flexibility index (Phi) is 8.28. The van der Waals surface area contributed by atoms with Crippen molar-refractivity contribution in [2.45, 2.75) is 13.3 Å². The summed E-state index contributed by atoms with van der Waals surface area (Å²) in [6.07, 6.45) is 0.693. The lowest BCUT2D eigenvalue weighted by Gasteiger charge is -2.22. The molecule has 0 atom stereocenters. The average Bonchev–Trinajstić information content (AvgIpc) is 2.83. The van der Waals surface area contributed by atoms with Gasteiger partial charge in [0.2, 0.25) is 0 Å². The van der Waals surface area contributed by atoms with Crippen molar-refractivity contribution in [2.75, 3.05) is 39.2 Å². The van der Waals surface area contributed by atoms with Crippen molar-refractivity contribution >= 4 is 22.7 Å². The Labute approximate surface area is 196 Å². The summed E-state index contributed by atoms with van der Waals surface area (Å²) in [6, 6.07) is 24.3. The number of rotatable bonds is 9. The van der Waals surface area contributed by atoms with Gasteiger partial charge < -0.3 is 19.6 Å². The van der Waals surface area contributed by atoms with Gasteiger partial charge in [-0.1, -0.05) is 49.4 Å². The zero-order valence-corrected chi connectivity index (χ0v) is 19.8. The number of nitrogens with zero attached hydrogens (tertiary/aromatic N) is 2. The smallest absolute Gasteiger partial charge is 0.258 e.